The van der Waals surface area contributed by atoms with Crippen molar-refractivity contribution < 1.29 is 9.18 Å². The van der Waals surface area contributed by atoms with Crippen molar-refractivity contribution in [3.8, 4) is 5.69 Å². The summed E-state index contributed by atoms with van der Waals surface area (Å²) in [5.41, 5.74) is 2.87. The van der Waals surface area contributed by atoms with E-state index in [1.807, 2.05) is 29.2 Å². The zero-order valence-corrected chi connectivity index (χ0v) is 18.4. The van der Waals surface area contributed by atoms with E-state index in [-0.39, 0.29) is 11.7 Å². The molecule has 1 amide bonds. The number of carbonyl (C=O) groups excluding carboxylic acids is 1. The molecular weight excluding hydrogens is 391 g/mol. The number of hydrogen-bond donors (Lipinski definition) is 0. The predicted molar refractivity (Wildman–Crippen MR) is 122 cm³/mol. The predicted octanol–water partition coefficient (Wildman–Crippen LogP) is 4.64. The van der Waals surface area contributed by atoms with Crippen molar-refractivity contribution in [3.05, 3.63) is 60.2 Å². The molecule has 0 spiro atoms. The number of hydrogen-bond acceptors (Lipinski definition) is 3. The Labute approximate surface area is 183 Å². The lowest BCUT2D eigenvalue weighted by atomic mass is 9.95. The van der Waals surface area contributed by atoms with Crippen molar-refractivity contribution in [2.24, 2.45) is 5.92 Å². The van der Waals surface area contributed by atoms with Crippen LogP contribution in [0.2, 0.25) is 0 Å². The summed E-state index contributed by atoms with van der Waals surface area (Å²) in [7, 11) is 0. The molecular formula is C25H31FN4O. The number of piperidine rings is 1. The number of benzene rings is 2. The van der Waals surface area contributed by atoms with Gasteiger partial charge in [0, 0.05) is 24.7 Å². The van der Waals surface area contributed by atoms with Crippen LogP contribution in [0.25, 0.3) is 16.7 Å². The minimum atomic E-state index is -0.245. The number of carbonyl (C=O) groups is 1. The highest BCUT2D eigenvalue weighted by molar-refractivity contribution is 5.79. The van der Waals surface area contributed by atoms with Crippen LogP contribution in [0.15, 0.2) is 48.5 Å². The van der Waals surface area contributed by atoms with Gasteiger partial charge < -0.3 is 4.90 Å². The molecule has 5 nitrogen and oxygen atoms in total. The smallest absolute Gasteiger partial charge is 0.225 e. The van der Waals surface area contributed by atoms with Gasteiger partial charge in [0.1, 0.15) is 11.6 Å². The lowest BCUT2D eigenvalue weighted by Crippen LogP contribution is -2.42. The van der Waals surface area contributed by atoms with Gasteiger partial charge in [-0.15, -0.1) is 0 Å². The molecule has 0 aliphatic carbocycles. The number of nitrogens with zero attached hydrogens (tertiary/aromatic N) is 4. The molecule has 1 aromatic heterocycles. The summed E-state index contributed by atoms with van der Waals surface area (Å²) in [4.78, 5) is 22.1. The zero-order valence-electron chi connectivity index (χ0n) is 18.4. The largest absolute Gasteiger partial charge is 0.343 e. The normalized spacial score (nSPS) is 15.5. The van der Waals surface area contributed by atoms with Gasteiger partial charge in [0.25, 0.3) is 0 Å². The standard InChI is InChI=1S/C25H31FN4O/c1-3-15-29(4-2)25(31)19-13-16-28(17-14-19)18-24-27-22-7-5-6-8-23(22)30(24)21-11-9-20(26)10-12-21/h5-12,19H,3-4,13-18H2,1-2H3. The third kappa shape index (κ3) is 4.64. The van der Waals surface area contributed by atoms with Gasteiger partial charge in [-0.2, -0.15) is 0 Å². The quantitative estimate of drug-likeness (QED) is 0.557. The molecule has 4 rings (SSSR count). The summed E-state index contributed by atoms with van der Waals surface area (Å²) in [5, 5.41) is 0. The van der Waals surface area contributed by atoms with E-state index >= 15 is 0 Å². The average Bonchev–Trinajstić information content (AvgIpc) is 3.16. The van der Waals surface area contributed by atoms with Crippen LogP contribution in [0, 0.1) is 11.7 Å². The zero-order chi connectivity index (χ0) is 21.8. The molecule has 2 heterocycles. The van der Waals surface area contributed by atoms with E-state index in [1.54, 1.807) is 12.1 Å². The highest BCUT2D eigenvalue weighted by Gasteiger charge is 2.28. The van der Waals surface area contributed by atoms with Gasteiger partial charge in [0.2, 0.25) is 5.91 Å². The second-order valence-electron chi connectivity index (χ2n) is 8.30. The average molecular weight is 423 g/mol. The van der Waals surface area contributed by atoms with Crippen molar-refractivity contribution in [2.45, 2.75) is 39.7 Å². The monoisotopic (exact) mass is 422 g/mol. The Bertz CT molecular complexity index is 1020. The SMILES string of the molecule is CCCN(CC)C(=O)C1CCN(Cc2nc3ccccc3n2-c2ccc(F)cc2)CC1. The van der Waals surface area contributed by atoms with Crippen LogP contribution in [-0.2, 0) is 11.3 Å². The molecule has 1 aliphatic rings. The molecule has 0 bridgehead atoms. The number of rotatable bonds is 7. The van der Waals surface area contributed by atoms with E-state index in [4.69, 9.17) is 4.98 Å². The lowest BCUT2D eigenvalue weighted by Gasteiger charge is -2.33. The van der Waals surface area contributed by atoms with Gasteiger partial charge >= 0.3 is 0 Å². The van der Waals surface area contributed by atoms with Crippen LogP contribution in [0.4, 0.5) is 4.39 Å². The Morgan fingerprint density at radius 1 is 1.10 bits per heavy atom. The molecule has 164 valence electrons. The third-order valence-electron chi connectivity index (χ3n) is 6.20. The number of para-hydroxylation sites is 2. The maximum absolute atomic E-state index is 13.5. The van der Waals surface area contributed by atoms with Crippen LogP contribution >= 0.6 is 0 Å². The minimum absolute atomic E-state index is 0.124. The molecule has 0 atom stereocenters. The molecule has 0 N–H and O–H groups in total. The first kappa shape index (κ1) is 21.5. The first-order valence-electron chi connectivity index (χ1n) is 11.3. The minimum Gasteiger partial charge on any atom is -0.343 e. The van der Waals surface area contributed by atoms with Gasteiger partial charge in [-0.05, 0) is 75.7 Å². The van der Waals surface area contributed by atoms with Crippen LogP contribution in [0.1, 0.15) is 38.9 Å². The molecule has 0 unspecified atom stereocenters. The second kappa shape index (κ2) is 9.60. The first-order chi connectivity index (χ1) is 15.1. The fourth-order valence-corrected chi connectivity index (χ4v) is 4.55. The van der Waals surface area contributed by atoms with E-state index in [1.165, 1.54) is 12.1 Å². The Hall–Kier alpha value is -2.73. The molecule has 0 radical (unpaired) electrons. The topological polar surface area (TPSA) is 41.4 Å². The Morgan fingerprint density at radius 2 is 1.81 bits per heavy atom. The number of likely N-dealkylation sites (tertiary alicyclic amines) is 1. The molecule has 31 heavy (non-hydrogen) atoms. The number of amides is 1. The Balaban J connectivity index is 1.50. The molecule has 1 saturated heterocycles. The van der Waals surface area contributed by atoms with E-state index in [0.29, 0.717) is 12.5 Å². The summed E-state index contributed by atoms with van der Waals surface area (Å²) in [6.07, 6.45) is 2.77. The molecule has 1 fully saturated rings. The highest BCUT2D eigenvalue weighted by Crippen LogP contribution is 2.25. The van der Waals surface area contributed by atoms with Gasteiger partial charge in [-0.25, -0.2) is 9.37 Å². The van der Waals surface area contributed by atoms with Crippen molar-refractivity contribution in [2.75, 3.05) is 26.2 Å². The molecule has 1 aliphatic heterocycles. The van der Waals surface area contributed by atoms with Crippen LogP contribution < -0.4 is 0 Å². The van der Waals surface area contributed by atoms with E-state index in [0.717, 1.165) is 68.0 Å². The van der Waals surface area contributed by atoms with Crippen molar-refractivity contribution in [3.63, 3.8) is 0 Å². The third-order valence-corrected chi connectivity index (χ3v) is 6.20. The number of imidazole rings is 1. The van der Waals surface area contributed by atoms with Crippen LogP contribution in [0.5, 0.6) is 0 Å². The Morgan fingerprint density at radius 3 is 2.48 bits per heavy atom. The molecule has 3 aromatic rings. The van der Waals surface area contributed by atoms with Crippen molar-refractivity contribution in [1.82, 2.24) is 19.4 Å². The van der Waals surface area contributed by atoms with Gasteiger partial charge in [-0.3, -0.25) is 14.3 Å². The van der Waals surface area contributed by atoms with Gasteiger partial charge in [0.05, 0.1) is 17.6 Å². The first-order valence-corrected chi connectivity index (χ1v) is 11.3. The van der Waals surface area contributed by atoms with Crippen LogP contribution in [0.3, 0.4) is 0 Å². The Kier molecular flexibility index (Phi) is 6.66. The van der Waals surface area contributed by atoms with Crippen molar-refractivity contribution >= 4 is 16.9 Å². The van der Waals surface area contributed by atoms with Gasteiger partial charge in [0.15, 0.2) is 0 Å². The number of fused-ring (bicyclic) bond motifs is 1. The van der Waals surface area contributed by atoms with E-state index in [2.05, 4.69) is 23.3 Å². The van der Waals surface area contributed by atoms with Crippen LogP contribution in [-0.4, -0.2) is 51.4 Å². The fourth-order valence-electron chi connectivity index (χ4n) is 4.55. The fraction of sp³-hybridized carbons (Fsp3) is 0.440. The summed E-state index contributed by atoms with van der Waals surface area (Å²) < 4.78 is 15.6. The maximum atomic E-state index is 13.5. The molecule has 2 aromatic carbocycles. The molecule has 0 saturated carbocycles. The lowest BCUT2D eigenvalue weighted by molar-refractivity contribution is -0.137. The summed E-state index contributed by atoms with van der Waals surface area (Å²) in [6, 6.07) is 14.6. The second-order valence-corrected chi connectivity index (χ2v) is 8.30. The number of aromatic nitrogens is 2. The summed E-state index contributed by atoms with van der Waals surface area (Å²) in [5.74, 6) is 1.13. The van der Waals surface area contributed by atoms with Crippen molar-refractivity contribution in [1.29, 1.82) is 0 Å². The van der Waals surface area contributed by atoms with Gasteiger partial charge in [-0.1, -0.05) is 19.1 Å². The van der Waals surface area contributed by atoms with E-state index < -0.39 is 0 Å². The number of halogens is 1. The molecule has 6 heteroatoms. The summed E-state index contributed by atoms with van der Waals surface area (Å²) >= 11 is 0. The highest BCUT2D eigenvalue weighted by atomic mass is 19.1. The summed E-state index contributed by atoms with van der Waals surface area (Å²) in [6.45, 7) is 8.28. The van der Waals surface area contributed by atoms with E-state index in [9.17, 15) is 9.18 Å². The maximum Gasteiger partial charge on any atom is 0.225 e.